The van der Waals surface area contributed by atoms with E-state index in [4.69, 9.17) is 0 Å². The number of rotatable bonds is 1. The summed E-state index contributed by atoms with van der Waals surface area (Å²) < 4.78 is 42.3. The number of hydrogen-bond acceptors (Lipinski definition) is 3. The van der Waals surface area contributed by atoms with Crippen molar-refractivity contribution in [1.82, 2.24) is 14.8 Å². The first-order valence-electron chi connectivity index (χ1n) is 5.31. The van der Waals surface area contributed by atoms with Crippen LogP contribution in [0.2, 0.25) is 0 Å². The Morgan fingerprint density at radius 2 is 1.94 bits per heavy atom. The molecule has 0 amide bonds. The van der Waals surface area contributed by atoms with Gasteiger partial charge in [0.2, 0.25) is 5.16 Å². The van der Waals surface area contributed by atoms with Crippen molar-refractivity contribution in [3.8, 4) is 0 Å². The van der Waals surface area contributed by atoms with Crippen LogP contribution in [0.25, 0.3) is 0 Å². The van der Waals surface area contributed by atoms with Crippen LogP contribution in [0.15, 0.2) is 23.4 Å². The summed E-state index contributed by atoms with van der Waals surface area (Å²) in [5.41, 5.74) is -0.183. The number of hydrogen-bond donors (Lipinski definition) is 1. The van der Waals surface area contributed by atoms with E-state index in [1.54, 1.807) is 0 Å². The first kappa shape index (κ1) is 11.6. The molecule has 2 atom stereocenters. The second kappa shape index (κ2) is 4.01. The lowest BCUT2D eigenvalue weighted by Crippen LogP contribution is -2.11. The number of benzene rings is 1. The van der Waals surface area contributed by atoms with E-state index in [0.717, 1.165) is 12.1 Å². The summed E-state index contributed by atoms with van der Waals surface area (Å²) in [5.74, 6) is -1.36. The highest BCUT2D eigenvalue weighted by Crippen LogP contribution is 2.41. The highest BCUT2D eigenvalue weighted by atomic mass is 32.1. The Bertz CT molecular complexity index is 593. The minimum Gasteiger partial charge on any atom is -0.239 e. The number of alkyl halides is 1. The quantitative estimate of drug-likeness (QED) is 0.808. The summed E-state index contributed by atoms with van der Waals surface area (Å²) >= 11 is 3.91. The molecule has 2 aromatic rings. The molecule has 0 unspecified atom stereocenters. The van der Waals surface area contributed by atoms with Crippen molar-refractivity contribution in [2.24, 2.45) is 0 Å². The van der Waals surface area contributed by atoms with Crippen molar-refractivity contribution in [2.75, 3.05) is 0 Å². The van der Waals surface area contributed by atoms with Crippen LogP contribution in [0, 0.1) is 11.6 Å². The monoisotopic (exact) mass is 271 g/mol. The highest BCUT2D eigenvalue weighted by molar-refractivity contribution is 7.80. The van der Waals surface area contributed by atoms with E-state index in [9.17, 15) is 13.2 Å². The average Bonchev–Trinajstić information content (AvgIpc) is 2.80. The van der Waals surface area contributed by atoms with Crippen LogP contribution < -0.4 is 0 Å². The zero-order chi connectivity index (χ0) is 12.9. The Balaban J connectivity index is 2.14. The van der Waals surface area contributed by atoms with Gasteiger partial charge in [0.1, 0.15) is 11.6 Å². The molecule has 0 N–H and O–H groups in total. The van der Waals surface area contributed by atoms with Crippen LogP contribution in [0.3, 0.4) is 0 Å². The molecular formula is C11H8F3N3S. The SMILES string of the molecule is Fc1cccc(F)c1[C@@H]1C[C@H](F)c2nc(S)nn21. The van der Waals surface area contributed by atoms with E-state index in [0.29, 0.717) is 0 Å². The molecule has 3 nitrogen and oxygen atoms in total. The Kier molecular flexibility index (Phi) is 2.58. The van der Waals surface area contributed by atoms with Crippen molar-refractivity contribution >= 4 is 12.6 Å². The van der Waals surface area contributed by atoms with E-state index in [1.807, 2.05) is 0 Å². The predicted octanol–water partition coefficient (Wildman–Crippen LogP) is 2.85. The number of fused-ring (bicyclic) bond motifs is 1. The molecule has 7 heteroatoms. The molecule has 0 aliphatic carbocycles. The van der Waals surface area contributed by atoms with Crippen molar-refractivity contribution in [2.45, 2.75) is 23.8 Å². The van der Waals surface area contributed by atoms with Gasteiger partial charge in [-0.2, -0.15) is 0 Å². The number of nitrogens with zero attached hydrogens (tertiary/aromatic N) is 3. The van der Waals surface area contributed by atoms with Crippen LogP contribution in [-0.4, -0.2) is 14.8 Å². The Morgan fingerprint density at radius 1 is 1.28 bits per heavy atom. The molecule has 18 heavy (non-hydrogen) atoms. The van der Waals surface area contributed by atoms with Gasteiger partial charge in [0, 0.05) is 12.0 Å². The molecule has 1 aromatic carbocycles. The molecule has 1 aliphatic heterocycles. The van der Waals surface area contributed by atoms with Crippen molar-refractivity contribution < 1.29 is 13.2 Å². The van der Waals surface area contributed by atoms with E-state index < -0.39 is 23.8 Å². The third-order valence-corrected chi connectivity index (χ3v) is 3.17. The molecule has 1 aliphatic rings. The lowest BCUT2D eigenvalue weighted by atomic mass is 10.0. The average molecular weight is 271 g/mol. The van der Waals surface area contributed by atoms with Gasteiger partial charge in [-0.05, 0) is 12.1 Å². The summed E-state index contributed by atoms with van der Waals surface area (Å²) in [7, 11) is 0. The van der Waals surface area contributed by atoms with Gasteiger partial charge in [-0.15, -0.1) is 17.7 Å². The standard InChI is InChI=1S/C11H8F3N3S/c12-5-2-1-3-6(13)9(5)8-4-7(14)10-15-11(18)16-17(8)10/h1-3,7-8H,4H2,(H,16,18)/t7-,8-/m0/s1. The summed E-state index contributed by atoms with van der Waals surface area (Å²) in [4.78, 5) is 3.80. The van der Waals surface area contributed by atoms with E-state index in [1.165, 1.54) is 10.7 Å². The van der Waals surface area contributed by atoms with Gasteiger partial charge < -0.3 is 0 Å². The first-order chi connectivity index (χ1) is 8.58. The van der Waals surface area contributed by atoms with Crippen LogP contribution in [0.1, 0.15) is 30.0 Å². The summed E-state index contributed by atoms with van der Waals surface area (Å²) in [5, 5.41) is 3.97. The zero-order valence-corrected chi connectivity index (χ0v) is 9.91. The van der Waals surface area contributed by atoms with E-state index in [-0.39, 0.29) is 23.0 Å². The Morgan fingerprint density at radius 3 is 2.61 bits per heavy atom. The van der Waals surface area contributed by atoms with Crippen LogP contribution in [0.5, 0.6) is 0 Å². The van der Waals surface area contributed by atoms with E-state index >= 15 is 0 Å². The fourth-order valence-electron chi connectivity index (χ4n) is 2.24. The second-order valence-electron chi connectivity index (χ2n) is 4.07. The van der Waals surface area contributed by atoms with Gasteiger partial charge in [-0.25, -0.2) is 22.8 Å². The maximum atomic E-state index is 13.7. The van der Waals surface area contributed by atoms with Gasteiger partial charge in [-0.3, -0.25) is 0 Å². The lowest BCUT2D eigenvalue weighted by molar-refractivity contribution is 0.323. The molecular weight excluding hydrogens is 263 g/mol. The number of aromatic nitrogens is 3. The number of thiol groups is 1. The summed E-state index contributed by atoms with van der Waals surface area (Å²) in [6.45, 7) is 0. The third kappa shape index (κ3) is 1.61. The van der Waals surface area contributed by atoms with Crippen molar-refractivity contribution in [1.29, 1.82) is 0 Å². The van der Waals surface area contributed by atoms with Gasteiger partial charge in [0.05, 0.1) is 6.04 Å². The minimum atomic E-state index is -1.39. The smallest absolute Gasteiger partial charge is 0.205 e. The predicted molar refractivity (Wildman–Crippen MR) is 60.2 cm³/mol. The minimum absolute atomic E-state index is 0.0626. The number of halogens is 3. The van der Waals surface area contributed by atoms with Crippen LogP contribution >= 0.6 is 12.6 Å². The van der Waals surface area contributed by atoms with Crippen LogP contribution in [0.4, 0.5) is 13.2 Å². The van der Waals surface area contributed by atoms with Gasteiger partial charge in [0.25, 0.3) is 0 Å². The summed E-state index contributed by atoms with van der Waals surface area (Å²) in [6.07, 6.45) is -1.45. The molecule has 0 saturated heterocycles. The normalized spacial score (nSPS) is 22.2. The van der Waals surface area contributed by atoms with Crippen molar-refractivity contribution in [3.63, 3.8) is 0 Å². The molecule has 0 bridgehead atoms. The third-order valence-electron chi connectivity index (χ3n) is 2.98. The van der Waals surface area contributed by atoms with Gasteiger partial charge >= 0.3 is 0 Å². The Hall–Kier alpha value is -1.50. The lowest BCUT2D eigenvalue weighted by Gasteiger charge is -2.13. The molecule has 1 aromatic heterocycles. The van der Waals surface area contributed by atoms with Gasteiger partial charge in [0.15, 0.2) is 12.0 Å². The fraction of sp³-hybridized carbons (Fsp3) is 0.273. The van der Waals surface area contributed by atoms with Crippen molar-refractivity contribution in [3.05, 3.63) is 41.2 Å². The summed E-state index contributed by atoms with van der Waals surface area (Å²) in [6, 6.07) is 2.73. The molecule has 3 rings (SSSR count). The highest BCUT2D eigenvalue weighted by Gasteiger charge is 2.37. The van der Waals surface area contributed by atoms with E-state index in [2.05, 4.69) is 22.7 Å². The molecule has 0 spiro atoms. The molecule has 2 heterocycles. The first-order valence-corrected chi connectivity index (χ1v) is 5.76. The maximum Gasteiger partial charge on any atom is 0.205 e. The molecule has 0 fully saturated rings. The second-order valence-corrected chi connectivity index (χ2v) is 4.47. The van der Waals surface area contributed by atoms with Gasteiger partial charge in [-0.1, -0.05) is 6.07 Å². The Labute approximate surface area is 106 Å². The molecule has 94 valence electrons. The molecule has 0 saturated carbocycles. The van der Waals surface area contributed by atoms with Crippen LogP contribution in [-0.2, 0) is 0 Å². The topological polar surface area (TPSA) is 30.7 Å². The maximum absolute atomic E-state index is 13.7. The largest absolute Gasteiger partial charge is 0.239 e. The fourth-order valence-corrected chi connectivity index (χ4v) is 2.44. The molecule has 0 radical (unpaired) electrons. The zero-order valence-electron chi connectivity index (χ0n) is 9.02.